The minimum atomic E-state index is -0.946. The van der Waals surface area contributed by atoms with E-state index in [1.807, 2.05) is 0 Å². The van der Waals surface area contributed by atoms with Crippen LogP contribution in [0.15, 0.2) is 18.2 Å². The lowest BCUT2D eigenvalue weighted by Crippen LogP contribution is -2.38. The second kappa shape index (κ2) is 6.52. The van der Waals surface area contributed by atoms with E-state index in [-0.39, 0.29) is 24.4 Å². The fourth-order valence-corrected chi connectivity index (χ4v) is 2.85. The fourth-order valence-electron chi connectivity index (χ4n) is 2.85. The maximum absolute atomic E-state index is 13.7. The Morgan fingerprint density at radius 3 is 2.38 bits per heavy atom. The molecule has 0 heterocycles. The van der Waals surface area contributed by atoms with Crippen LogP contribution in [0.5, 0.6) is 0 Å². The second-order valence-corrected chi connectivity index (χ2v) is 5.72. The van der Waals surface area contributed by atoms with Crippen LogP contribution in [0.2, 0.25) is 0 Å². The van der Waals surface area contributed by atoms with Gasteiger partial charge >= 0.3 is 0 Å². The third kappa shape index (κ3) is 3.79. The number of carbonyl (C=O) groups is 1. The van der Waals surface area contributed by atoms with Gasteiger partial charge in [-0.3, -0.25) is 4.79 Å². The van der Waals surface area contributed by atoms with E-state index < -0.39 is 17.2 Å². The molecule has 1 fully saturated rings. The van der Waals surface area contributed by atoms with Gasteiger partial charge in [0, 0.05) is 12.1 Å². The minimum Gasteiger partial charge on any atom is -0.389 e. The van der Waals surface area contributed by atoms with Crippen LogP contribution in [0.25, 0.3) is 0 Å². The molecule has 0 saturated heterocycles. The second-order valence-electron chi connectivity index (χ2n) is 5.72. The van der Waals surface area contributed by atoms with Crippen LogP contribution in [0.1, 0.15) is 44.6 Å². The standard InChI is InChI=1S/C16H21F2NO2/c1-2-19(11-12-13(17)6-5-7-14(12)18)15(20)10-16(21)8-3-4-9-16/h5-7,21H,2-4,8-11H2,1H3. The van der Waals surface area contributed by atoms with Crippen molar-refractivity contribution in [3.63, 3.8) is 0 Å². The van der Waals surface area contributed by atoms with Crippen molar-refractivity contribution < 1.29 is 18.7 Å². The largest absolute Gasteiger partial charge is 0.389 e. The lowest BCUT2D eigenvalue weighted by molar-refractivity contribution is -0.136. The summed E-state index contributed by atoms with van der Waals surface area (Å²) in [6, 6.07) is 3.66. The van der Waals surface area contributed by atoms with Gasteiger partial charge in [-0.1, -0.05) is 18.9 Å². The molecule has 0 bridgehead atoms. The van der Waals surface area contributed by atoms with Crippen molar-refractivity contribution in [3.8, 4) is 0 Å². The Hall–Kier alpha value is -1.49. The Morgan fingerprint density at radius 1 is 1.29 bits per heavy atom. The fraction of sp³-hybridized carbons (Fsp3) is 0.562. The van der Waals surface area contributed by atoms with E-state index in [1.165, 1.54) is 23.1 Å². The summed E-state index contributed by atoms with van der Waals surface area (Å²) in [5.74, 6) is -1.56. The van der Waals surface area contributed by atoms with Gasteiger partial charge in [0.15, 0.2) is 0 Å². The number of rotatable bonds is 5. The molecule has 0 aromatic heterocycles. The number of benzene rings is 1. The molecule has 0 radical (unpaired) electrons. The van der Waals surface area contributed by atoms with Gasteiger partial charge in [0.1, 0.15) is 11.6 Å². The Morgan fingerprint density at radius 2 is 1.86 bits per heavy atom. The van der Waals surface area contributed by atoms with Gasteiger partial charge in [-0.2, -0.15) is 0 Å². The van der Waals surface area contributed by atoms with Gasteiger partial charge in [-0.25, -0.2) is 8.78 Å². The first-order valence-electron chi connectivity index (χ1n) is 7.38. The first-order chi connectivity index (χ1) is 9.95. The molecule has 0 atom stereocenters. The Bertz CT molecular complexity index is 493. The zero-order chi connectivity index (χ0) is 15.5. The predicted octanol–water partition coefficient (Wildman–Crippen LogP) is 3.01. The first-order valence-corrected chi connectivity index (χ1v) is 7.38. The highest BCUT2D eigenvalue weighted by Gasteiger charge is 2.34. The maximum atomic E-state index is 13.7. The van der Waals surface area contributed by atoms with Crippen LogP contribution >= 0.6 is 0 Å². The highest BCUT2D eigenvalue weighted by Crippen LogP contribution is 2.33. The van der Waals surface area contributed by atoms with Crippen molar-refractivity contribution in [3.05, 3.63) is 35.4 Å². The number of nitrogens with zero attached hydrogens (tertiary/aromatic N) is 1. The van der Waals surface area contributed by atoms with Crippen molar-refractivity contribution in [1.29, 1.82) is 0 Å². The SMILES string of the molecule is CCN(Cc1c(F)cccc1F)C(=O)CC1(O)CCCC1. The van der Waals surface area contributed by atoms with E-state index in [0.29, 0.717) is 19.4 Å². The average molecular weight is 297 g/mol. The molecule has 0 unspecified atom stereocenters. The number of carbonyl (C=O) groups excluding carboxylic acids is 1. The summed E-state index contributed by atoms with van der Waals surface area (Å²) in [7, 11) is 0. The molecule has 1 amide bonds. The lowest BCUT2D eigenvalue weighted by atomic mass is 9.97. The molecule has 1 N–H and O–H groups in total. The molecule has 0 aliphatic heterocycles. The highest BCUT2D eigenvalue weighted by molar-refractivity contribution is 5.77. The predicted molar refractivity (Wildman–Crippen MR) is 75.5 cm³/mol. The van der Waals surface area contributed by atoms with Crippen LogP contribution in [-0.4, -0.2) is 28.1 Å². The average Bonchev–Trinajstić information content (AvgIpc) is 2.84. The number of hydrogen-bond acceptors (Lipinski definition) is 2. The molecular formula is C16H21F2NO2. The third-order valence-corrected chi connectivity index (χ3v) is 4.16. The Balaban J connectivity index is 2.07. The van der Waals surface area contributed by atoms with Crippen molar-refractivity contribution >= 4 is 5.91 Å². The van der Waals surface area contributed by atoms with E-state index in [2.05, 4.69) is 0 Å². The van der Waals surface area contributed by atoms with Gasteiger partial charge in [-0.05, 0) is 31.9 Å². The first kappa shape index (κ1) is 15.9. The molecule has 1 aromatic carbocycles. The number of halogens is 2. The molecule has 21 heavy (non-hydrogen) atoms. The molecule has 0 spiro atoms. The monoisotopic (exact) mass is 297 g/mol. The molecule has 5 heteroatoms. The third-order valence-electron chi connectivity index (χ3n) is 4.16. The normalized spacial score (nSPS) is 17.0. The van der Waals surface area contributed by atoms with Gasteiger partial charge in [0.2, 0.25) is 5.91 Å². The van der Waals surface area contributed by atoms with E-state index in [4.69, 9.17) is 0 Å². The molecule has 3 nitrogen and oxygen atoms in total. The smallest absolute Gasteiger partial charge is 0.225 e. The topological polar surface area (TPSA) is 40.5 Å². The van der Waals surface area contributed by atoms with Gasteiger partial charge < -0.3 is 10.0 Å². The molecule has 116 valence electrons. The van der Waals surface area contributed by atoms with Crippen LogP contribution in [-0.2, 0) is 11.3 Å². The summed E-state index contributed by atoms with van der Waals surface area (Å²) in [6.45, 7) is 2.00. The molecule has 1 aliphatic carbocycles. The number of amides is 1. The Labute approximate surface area is 123 Å². The summed E-state index contributed by atoms with van der Waals surface area (Å²) in [5.41, 5.74) is -1.05. The number of hydrogen-bond donors (Lipinski definition) is 1. The van der Waals surface area contributed by atoms with Crippen molar-refractivity contribution in [1.82, 2.24) is 4.90 Å². The van der Waals surface area contributed by atoms with Crippen molar-refractivity contribution in [2.45, 2.75) is 51.2 Å². The highest BCUT2D eigenvalue weighted by atomic mass is 19.1. The zero-order valence-electron chi connectivity index (χ0n) is 12.2. The van der Waals surface area contributed by atoms with Crippen molar-refractivity contribution in [2.24, 2.45) is 0 Å². The van der Waals surface area contributed by atoms with E-state index >= 15 is 0 Å². The van der Waals surface area contributed by atoms with Gasteiger partial charge in [0.25, 0.3) is 0 Å². The maximum Gasteiger partial charge on any atom is 0.225 e. The summed E-state index contributed by atoms with van der Waals surface area (Å²) in [6.07, 6.45) is 3.08. The van der Waals surface area contributed by atoms with Crippen LogP contribution < -0.4 is 0 Å². The lowest BCUT2D eigenvalue weighted by Gasteiger charge is -2.27. The van der Waals surface area contributed by atoms with Crippen LogP contribution in [0, 0.1) is 11.6 Å². The van der Waals surface area contributed by atoms with Crippen molar-refractivity contribution in [2.75, 3.05) is 6.54 Å². The molecule has 2 rings (SSSR count). The van der Waals surface area contributed by atoms with Gasteiger partial charge in [0.05, 0.1) is 18.6 Å². The summed E-state index contributed by atoms with van der Waals surface area (Å²) < 4.78 is 27.3. The Kier molecular flexibility index (Phi) is 4.93. The summed E-state index contributed by atoms with van der Waals surface area (Å²) in [5, 5.41) is 10.3. The van der Waals surface area contributed by atoms with Crippen LogP contribution in [0.4, 0.5) is 8.78 Å². The summed E-state index contributed by atoms with van der Waals surface area (Å²) >= 11 is 0. The number of aliphatic hydroxyl groups is 1. The molecule has 1 aliphatic rings. The van der Waals surface area contributed by atoms with E-state index in [0.717, 1.165) is 12.8 Å². The van der Waals surface area contributed by atoms with Crippen LogP contribution in [0.3, 0.4) is 0 Å². The zero-order valence-corrected chi connectivity index (χ0v) is 12.2. The van der Waals surface area contributed by atoms with E-state index in [9.17, 15) is 18.7 Å². The minimum absolute atomic E-state index is 0.0247. The quantitative estimate of drug-likeness (QED) is 0.907. The molecule has 1 aromatic rings. The molecule has 1 saturated carbocycles. The molecular weight excluding hydrogens is 276 g/mol. The van der Waals surface area contributed by atoms with Gasteiger partial charge in [-0.15, -0.1) is 0 Å². The van der Waals surface area contributed by atoms with E-state index in [1.54, 1.807) is 6.92 Å². The summed E-state index contributed by atoms with van der Waals surface area (Å²) in [4.78, 5) is 13.7.